The van der Waals surface area contributed by atoms with Crippen molar-refractivity contribution in [3.05, 3.63) is 0 Å². The van der Waals surface area contributed by atoms with Crippen LogP contribution in [0.15, 0.2) is 0 Å². The third-order valence-electron chi connectivity index (χ3n) is 6.10. The van der Waals surface area contributed by atoms with Crippen molar-refractivity contribution in [1.29, 1.82) is 0 Å². The standard InChI is InChI=1S/C33H63NO16/c1-2-3-4-5-6-33(38)50-28-27-48-26-25-47-24-23-46-22-21-45-20-19-44-18-17-43-16-15-42-14-13-41-12-11-40-10-9-39-8-7-34-31(35)29-49-30-32(36)37/h2-30H2,1H3,(H,34,35)(H,36,37). The zero-order valence-electron chi connectivity index (χ0n) is 30.1. The smallest absolute Gasteiger partial charge is 0.329 e. The maximum absolute atomic E-state index is 11.5. The number of esters is 1. The Balaban J connectivity index is 3.12. The number of carbonyl (C=O) groups excluding carboxylic acids is 2. The van der Waals surface area contributed by atoms with Crippen LogP contribution in [0.2, 0.25) is 0 Å². The molecule has 2 N–H and O–H groups in total. The van der Waals surface area contributed by atoms with E-state index in [1.54, 1.807) is 0 Å². The van der Waals surface area contributed by atoms with Crippen LogP contribution in [0.25, 0.3) is 0 Å². The highest BCUT2D eigenvalue weighted by molar-refractivity contribution is 5.77. The summed E-state index contributed by atoms with van der Waals surface area (Å²) in [6.45, 7) is 10.8. The number of carbonyl (C=O) groups is 3. The third kappa shape index (κ3) is 42.1. The Morgan fingerprint density at radius 3 is 1.16 bits per heavy atom. The fourth-order valence-electron chi connectivity index (χ4n) is 3.61. The zero-order chi connectivity index (χ0) is 36.4. The summed E-state index contributed by atoms with van der Waals surface area (Å²) in [7, 11) is 0. The normalized spacial score (nSPS) is 11.2. The number of unbranched alkanes of at least 4 members (excludes halogenated alkanes) is 3. The predicted octanol–water partition coefficient (Wildman–Crippen LogP) is 0.883. The summed E-state index contributed by atoms with van der Waals surface area (Å²) < 4.78 is 64.0. The van der Waals surface area contributed by atoms with E-state index in [1.807, 2.05) is 0 Å². The van der Waals surface area contributed by atoms with Crippen LogP contribution in [0.1, 0.15) is 39.0 Å². The van der Waals surface area contributed by atoms with Crippen molar-refractivity contribution in [1.82, 2.24) is 5.32 Å². The number of rotatable bonds is 42. The fourth-order valence-corrected chi connectivity index (χ4v) is 3.61. The highest BCUT2D eigenvalue weighted by Crippen LogP contribution is 2.03. The highest BCUT2D eigenvalue weighted by Gasteiger charge is 2.04. The Kier molecular flexibility index (Phi) is 39.7. The molecule has 0 bridgehead atoms. The average Bonchev–Trinajstić information content (AvgIpc) is 3.10. The SMILES string of the molecule is CCCCCCC(=O)OCCOCCOCCOCCOCCOCCOCCOCCOCCOCCOCCNC(=O)COCC(=O)O. The van der Waals surface area contributed by atoms with Crippen LogP contribution < -0.4 is 5.32 Å². The van der Waals surface area contributed by atoms with Gasteiger partial charge in [-0.2, -0.15) is 0 Å². The number of amides is 1. The lowest BCUT2D eigenvalue weighted by atomic mass is 10.2. The summed E-state index contributed by atoms with van der Waals surface area (Å²) in [5, 5.41) is 11.0. The van der Waals surface area contributed by atoms with Crippen LogP contribution in [0.5, 0.6) is 0 Å². The van der Waals surface area contributed by atoms with Crippen LogP contribution >= 0.6 is 0 Å². The molecule has 0 aromatic heterocycles. The Morgan fingerprint density at radius 1 is 0.440 bits per heavy atom. The molecule has 0 atom stereocenters. The Labute approximate surface area is 297 Å². The van der Waals surface area contributed by atoms with Gasteiger partial charge in [0, 0.05) is 13.0 Å². The van der Waals surface area contributed by atoms with E-state index in [0.29, 0.717) is 145 Å². The first kappa shape index (κ1) is 48.0. The van der Waals surface area contributed by atoms with Gasteiger partial charge >= 0.3 is 11.9 Å². The van der Waals surface area contributed by atoms with Gasteiger partial charge in [0.05, 0.1) is 132 Å². The first-order chi connectivity index (χ1) is 24.6. The second-order valence-corrected chi connectivity index (χ2v) is 10.4. The predicted molar refractivity (Wildman–Crippen MR) is 179 cm³/mol. The van der Waals surface area contributed by atoms with Gasteiger partial charge in [0.1, 0.15) is 19.8 Å². The molecule has 0 aliphatic heterocycles. The van der Waals surface area contributed by atoms with Crippen LogP contribution in [-0.2, 0) is 71.2 Å². The molecule has 17 nitrogen and oxygen atoms in total. The molecular weight excluding hydrogens is 666 g/mol. The maximum atomic E-state index is 11.5. The molecule has 0 aromatic rings. The van der Waals surface area contributed by atoms with Crippen molar-refractivity contribution in [2.75, 3.05) is 159 Å². The van der Waals surface area contributed by atoms with Crippen molar-refractivity contribution in [3.8, 4) is 0 Å². The molecule has 0 saturated carbocycles. The van der Waals surface area contributed by atoms with Gasteiger partial charge in [0.15, 0.2) is 0 Å². The second-order valence-electron chi connectivity index (χ2n) is 10.4. The average molecular weight is 730 g/mol. The van der Waals surface area contributed by atoms with Crippen molar-refractivity contribution < 1.29 is 76.3 Å². The number of aliphatic carboxylic acids is 1. The number of hydrogen-bond acceptors (Lipinski definition) is 15. The second kappa shape index (κ2) is 41.4. The summed E-state index contributed by atoms with van der Waals surface area (Å²) in [4.78, 5) is 33.2. The van der Waals surface area contributed by atoms with Gasteiger partial charge in [0.25, 0.3) is 0 Å². The van der Waals surface area contributed by atoms with Gasteiger partial charge < -0.3 is 67.3 Å². The van der Waals surface area contributed by atoms with Gasteiger partial charge in [0.2, 0.25) is 5.91 Å². The van der Waals surface area contributed by atoms with Crippen LogP contribution in [0.4, 0.5) is 0 Å². The van der Waals surface area contributed by atoms with Gasteiger partial charge in [-0.15, -0.1) is 0 Å². The molecule has 0 saturated heterocycles. The molecule has 0 aliphatic carbocycles. The monoisotopic (exact) mass is 729 g/mol. The first-order valence-electron chi connectivity index (χ1n) is 17.6. The minimum absolute atomic E-state index is 0.161. The van der Waals surface area contributed by atoms with E-state index in [0.717, 1.165) is 25.7 Å². The van der Waals surface area contributed by atoms with Crippen molar-refractivity contribution in [2.45, 2.75) is 39.0 Å². The molecule has 0 aromatic carbocycles. The Hall–Kier alpha value is -2.03. The fraction of sp³-hybridized carbons (Fsp3) is 0.909. The number of carboxylic acids is 1. The quantitative estimate of drug-likeness (QED) is 0.0664. The van der Waals surface area contributed by atoms with Crippen molar-refractivity contribution in [2.24, 2.45) is 0 Å². The van der Waals surface area contributed by atoms with Gasteiger partial charge in [-0.25, -0.2) is 4.79 Å². The summed E-state index contributed by atoms with van der Waals surface area (Å²) >= 11 is 0. The van der Waals surface area contributed by atoms with E-state index in [-0.39, 0.29) is 19.2 Å². The molecule has 0 heterocycles. The number of hydrogen-bond donors (Lipinski definition) is 2. The highest BCUT2D eigenvalue weighted by atomic mass is 16.6. The Bertz CT molecular complexity index is 749. The lowest BCUT2D eigenvalue weighted by Gasteiger charge is -2.09. The summed E-state index contributed by atoms with van der Waals surface area (Å²) in [5.74, 6) is -1.69. The molecule has 0 fully saturated rings. The summed E-state index contributed by atoms with van der Waals surface area (Å²) in [5.41, 5.74) is 0. The molecule has 0 spiro atoms. The molecule has 0 aliphatic rings. The summed E-state index contributed by atoms with van der Waals surface area (Å²) in [6, 6.07) is 0. The first-order valence-corrected chi connectivity index (χ1v) is 17.6. The van der Waals surface area contributed by atoms with Crippen molar-refractivity contribution >= 4 is 17.8 Å². The third-order valence-corrected chi connectivity index (χ3v) is 6.10. The minimum Gasteiger partial charge on any atom is -0.480 e. The van der Waals surface area contributed by atoms with Crippen LogP contribution in [0.3, 0.4) is 0 Å². The number of ether oxygens (including phenoxy) is 12. The van der Waals surface area contributed by atoms with E-state index in [2.05, 4.69) is 17.0 Å². The topological polar surface area (TPSA) is 194 Å². The van der Waals surface area contributed by atoms with Gasteiger partial charge in [-0.05, 0) is 6.42 Å². The lowest BCUT2D eigenvalue weighted by Crippen LogP contribution is -2.31. The molecule has 0 radical (unpaired) electrons. The van der Waals surface area contributed by atoms with E-state index in [1.165, 1.54) is 0 Å². The molecule has 1 amide bonds. The van der Waals surface area contributed by atoms with E-state index in [9.17, 15) is 14.4 Å². The number of nitrogens with one attached hydrogen (secondary N) is 1. The molecular formula is C33H63NO16. The lowest BCUT2D eigenvalue weighted by molar-refractivity contribution is -0.146. The summed E-state index contributed by atoms with van der Waals surface area (Å²) in [6.07, 6.45) is 4.72. The maximum Gasteiger partial charge on any atom is 0.329 e. The molecule has 50 heavy (non-hydrogen) atoms. The minimum atomic E-state index is -1.13. The largest absolute Gasteiger partial charge is 0.480 e. The van der Waals surface area contributed by atoms with Crippen molar-refractivity contribution in [3.63, 3.8) is 0 Å². The Morgan fingerprint density at radius 2 is 0.800 bits per heavy atom. The van der Waals surface area contributed by atoms with E-state index < -0.39 is 18.5 Å². The molecule has 17 heteroatoms. The van der Waals surface area contributed by atoms with Gasteiger partial charge in [-0.1, -0.05) is 26.2 Å². The molecule has 0 rings (SSSR count). The van der Waals surface area contributed by atoms with Crippen LogP contribution in [0, 0.1) is 0 Å². The van der Waals surface area contributed by atoms with E-state index >= 15 is 0 Å². The zero-order valence-corrected chi connectivity index (χ0v) is 30.1. The van der Waals surface area contributed by atoms with E-state index in [4.69, 9.17) is 57.2 Å². The van der Waals surface area contributed by atoms with Crippen LogP contribution in [-0.4, -0.2) is 181 Å². The molecule has 296 valence electrons. The number of carboxylic acid groups (broad SMARTS) is 1. The molecule has 0 unspecified atom stereocenters. The van der Waals surface area contributed by atoms with Gasteiger partial charge in [-0.3, -0.25) is 9.59 Å².